The summed E-state index contributed by atoms with van der Waals surface area (Å²) in [5.74, 6) is -0.262. The fourth-order valence-electron chi connectivity index (χ4n) is 5.79. The summed E-state index contributed by atoms with van der Waals surface area (Å²) in [6.07, 6.45) is 2.03. The van der Waals surface area contributed by atoms with Crippen molar-refractivity contribution >= 4 is 27.6 Å². The number of fused-ring (bicyclic) bond motifs is 4. The van der Waals surface area contributed by atoms with Gasteiger partial charge >= 0.3 is 0 Å². The molecular formula is C30H28FN2O+. The van der Waals surface area contributed by atoms with Crippen LogP contribution >= 0.6 is 0 Å². The number of furan rings is 1. The highest BCUT2D eigenvalue weighted by atomic mass is 19.1. The van der Waals surface area contributed by atoms with E-state index in [1.54, 1.807) is 6.07 Å². The van der Waals surface area contributed by atoms with E-state index in [0.717, 1.165) is 51.0 Å². The molecule has 0 unspecified atom stereocenters. The maximum absolute atomic E-state index is 15.6. The molecule has 0 N–H and O–H groups in total. The highest BCUT2D eigenvalue weighted by molar-refractivity contribution is 6.14. The number of benzene rings is 3. The van der Waals surface area contributed by atoms with Crippen molar-refractivity contribution in [3.05, 3.63) is 83.8 Å². The Hall–Kier alpha value is -3.66. The first-order valence-electron chi connectivity index (χ1n) is 11.7. The van der Waals surface area contributed by atoms with Gasteiger partial charge in [-0.3, -0.25) is 0 Å². The zero-order valence-electron chi connectivity index (χ0n) is 20.2. The fourth-order valence-corrected chi connectivity index (χ4v) is 5.79. The van der Waals surface area contributed by atoms with Crippen LogP contribution in [-0.2, 0) is 12.5 Å². The Balaban J connectivity index is 1.71. The molecule has 34 heavy (non-hydrogen) atoms. The summed E-state index contributed by atoms with van der Waals surface area (Å²) >= 11 is 0. The van der Waals surface area contributed by atoms with E-state index in [-0.39, 0.29) is 11.2 Å². The molecule has 1 aliphatic rings. The maximum Gasteiger partial charge on any atom is 0.216 e. The van der Waals surface area contributed by atoms with E-state index < -0.39 is 0 Å². The van der Waals surface area contributed by atoms with Crippen molar-refractivity contribution in [1.29, 1.82) is 0 Å². The summed E-state index contributed by atoms with van der Waals surface area (Å²) < 4.78 is 24.3. The van der Waals surface area contributed by atoms with Gasteiger partial charge in [-0.15, -0.1) is 0 Å². The van der Waals surface area contributed by atoms with Crippen LogP contribution in [0.2, 0.25) is 0 Å². The molecule has 0 bridgehead atoms. The van der Waals surface area contributed by atoms with E-state index >= 15 is 4.39 Å². The van der Waals surface area contributed by atoms with Crippen LogP contribution in [0.1, 0.15) is 25.0 Å². The predicted molar refractivity (Wildman–Crippen MR) is 137 cm³/mol. The number of rotatable bonds is 2. The summed E-state index contributed by atoms with van der Waals surface area (Å²) in [4.78, 5) is 2.24. The van der Waals surface area contributed by atoms with Crippen molar-refractivity contribution in [2.75, 3.05) is 18.5 Å². The molecule has 0 atom stereocenters. The third-order valence-corrected chi connectivity index (χ3v) is 7.33. The van der Waals surface area contributed by atoms with Crippen LogP contribution in [0.15, 0.2) is 71.3 Å². The summed E-state index contributed by atoms with van der Waals surface area (Å²) in [7, 11) is 4.12. The quantitative estimate of drug-likeness (QED) is 0.272. The van der Waals surface area contributed by atoms with Gasteiger partial charge in [0.25, 0.3) is 0 Å². The Labute approximate surface area is 199 Å². The normalized spacial score (nSPS) is 14.8. The molecule has 0 amide bonds. The molecule has 5 aromatic rings. The molecule has 6 rings (SSSR count). The summed E-state index contributed by atoms with van der Waals surface area (Å²) in [5, 5.41) is 1.94. The van der Waals surface area contributed by atoms with Crippen LogP contribution < -0.4 is 9.47 Å². The maximum atomic E-state index is 15.6. The minimum atomic E-state index is -0.262. The van der Waals surface area contributed by atoms with E-state index in [2.05, 4.69) is 61.6 Å². The number of aromatic nitrogens is 1. The minimum Gasteiger partial charge on any atom is -0.454 e. The van der Waals surface area contributed by atoms with Crippen molar-refractivity contribution in [2.45, 2.75) is 26.2 Å². The molecule has 0 fully saturated rings. The van der Waals surface area contributed by atoms with Gasteiger partial charge in [-0.05, 0) is 36.2 Å². The summed E-state index contributed by atoms with van der Waals surface area (Å²) in [6.45, 7) is 7.47. The number of pyridine rings is 1. The van der Waals surface area contributed by atoms with Crippen LogP contribution in [0, 0.1) is 12.7 Å². The molecule has 0 saturated heterocycles. The van der Waals surface area contributed by atoms with E-state index in [9.17, 15) is 0 Å². The Morgan fingerprint density at radius 2 is 1.65 bits per heavy atom. The number of halogens is 1. The lowest BCUT2D eigenvalue weighted by Gasteiger charge is -2.18. The van der Waals surface area contributed by atoms with Gasteiger partial charge in [0.1, 0.15) is 24.0 Å². The SMILES string of the molecule is Cc1ccc2c(oc3c(-c4cccc5c4N(C)CC5(C)C)c(F)ccc32)c1-c1cccc[n+]1C. The number of anilines is 1. The Morgan fingerprint density at radius 3 is 2.41 bits per heavy atom. The van der Waals surface area contributed by atoms with E-state index in [1.807, 2.05) is 43.6 Å². The monoisotopic (exact) mass is 451 g/mol. The summed E-state index contributed by atoms with van der Waals surface area (Å²) in [6, 6.07) is 20.0. The standard InChI is InChI=1S/C30H28FN2O/c1-18-12-13-19-20-14-15-23(31)26(21-9-8-10-22-27(21)33(5)17-30(22,2)3)29(20)34-28(19)25(18)24-11-6-7-16-32(24)4/h6-16H,17H2,1-5H3/q+1. The van der Waals surface area contributed by atoms with E-state index in [4.69, 9.17) is 4.42 Å². The fraction of sp³-hybridized carbons (Fsp3) is 0.233. The van der Waals surface area contributed by atoms with Crippen molar-refractivity contribution in [3.8, 4) is 22.4 Å². The van der Waals surface area contributed by atoms with Crippen LogP contribution in [-0.4, -0.2) is 13.6 Å². The molecule has 0 aliphatic carbocycles. The first-order chi connectivity index (χ1) is 16.3. The average Bonchev–Trinajstić information content (AvgIpc) is 3.28. The number of nitrogens with zero attached hydrogens (tertiary/aromatic N) is 2. The summed E-state index contributed by atoms with van der Waals surface area (Å²) in [5.41, 5.74) is 8.39. The minimum absolute atomic E-state index is 0.00465. The first-order valence-corrected chi connectivity index (χ1v) is 11.7. The second-order valence-corrected chi connectivity index (χ2v) is 10.2. The number of likely N-dealkylation sites (N-methyl/N-ethyl adjacent to an activating group) is 1. The van der Waals surface area contributed by atoms with Gasteiger partial charge in [-0.1, -0.05) is 44.2 Å². The predicted octanol–water partition coefficient (Wildman–Crippen LogP) is 6.92. The van der Waals surface area contributed by atoms with Crippen molar-refractivity contribution in [3.63, 3.8) is 0 Å². The molecule has 3 heterocycles. The van der Waals surface area contributed by atoms with Gasteiger partial charge in [0.05, 0.1) is 11.1 Å². The van der Waals surface area contributed by atoms with Gasteiger partial charge in [0.15, 0.2) is 6.20 Å². The van der Waals surface area contributed by atoms with Gasteiger partial charge in [-0.25, -0.2) is 8.96 Å². The zero-order chi connectivity index (χ0) is 23.8. The highest BCUT2D eigenvalue weighted by Crippen LogP contribution is 2.48. The molecule has 4 heteroatoms. The van der Waals surface area contributed by atoms with Gasteiger partial charge in [0, 0.05) is 53.2 Å². The zero-order valence-corrected chi connectivity index (χ0v) is 20.2. The number of para-hydroxylation sites is 1. The smallest absolute Gasteiger partial charge is 0.216 e. The van der Waals surface area contributed by atoms with Crippen LogP contribution in [0.3, 0.4) is 0 Å². The molecule has 170 valence electrons. The van der Waals surface area contributed by atoms with Gasteiger partial charge < -0.3 is 9.32 Å². The number of hydrogen-bond acceptors (Lipinski definition) is 2. The Morgan fingerprint density at radius 1 is 0.912 bits per heavy atom. The van der Waals surface area contributed by atoms with E-state index in [1.165, 1.54) is 5.56 Å². The Bertz CT molecular complexity index is 1610. The van der Waals surface area contributed by atoms with Crippen molar-refractivity contribution in [2.24, 2.45) is 7.05 Å². The molecule has 2 aromatic heterocycles. The largest absolute Gasteiger partial charge is 0.454 e. The number of hydrogen-bond donors (Lipinski definition) is 0. The average molecular weight is 452 g/mol. The third kappa shape index (κ3) is 2.84. The molecule has 3 nitrogen and oxygen atoms in total. The van der Waals surface area contributed by atoms with E-state index in [0.29, 0.717) is 11.1 Å². The lowest BCUT2D eigenvalue weighted by Crippen LogP contribution is -2.30. The second-order valence-electron chi connectivity index (χ2n) is 10.2. The van der Waals surface area contributed by atoms with Crippen molar-refractivity contribution in [1.82, 2.24) is 0 Å². The van der Waals surface area contributed by atoms with Crippen LogP contribution in [0.5, 0.6) is 0 Å². The van der Waals surface area contributed by atoms with Gasteiger partial charge in [0.2, 0.25) is 5.69 Å². The number of aryl methyl sites for hydroxylation is 2. The molecule has 0 radical (unpaired) electrons. The first kappa shape index (κ1) is 20.9. The molecular weight excluding hydrogens is 423 g/mol. The molecule has 0 saturated carbocycles. The van der Waals surface area contributed by atoms with Gasteiger partial charge in [-0.2, -0.15) is 0 Å². The highest BCUT2D eigenvalue weighted by Gasteiger charge is 2.36. The third-order valence-electron chi connectivity index (χ3n) is 7.33. The van der Waals surface area contributed by atoms with Crippen molar-refractivity contribution < 1.29 is 13.4 Å². The van der Waals surface area contributed by atoms with Crippen LogP contribution in [0.4, 0.5) is 10.1 Å². The molecule has 0 spiro atoms. The van der Waals surface area contributed by atoms with Crippen LogP contribution in [0.25, 0.3) is 44.3 Å². The lowest BCUT2D eigenvalue weighted by atomic mass is 9.85. The molecule has 1 aliphatic heterocycles. The molecule has 3 aromatic carbocycles. The topological polar surface area (TPSA) is 20.3 Å². The second kappa shape index (κ2) is 7.17. The Kier molecular flexibility index (Phi) is 4.41. The lowest BCUT2D eigenvalue weighted by molar-refractivity contribution is -0.660.